The Bertz CT molecular complexity index is 748. The molecule has 1 heterocycles. The minimum absolute atomic E-state index is 0.0184. The topological polar surface area (TPSA) is 79.3 Å². The Kier molecular flexibility index (Phi) is 4.66. The molecule has 0 saturated heterocycles. The minimum atomic E-state index is -0.940. The van der Waals surface area contributed by atoms with Crippen molar-refractivity contribution in [3.63, 3.8) is 0 Å². The zero-order valence-electron chi connectivity index (χ0n) is 13.5. The first-order valence-corrected chi connectivity index (χ1v) is 8.92. The van der Waals surface area contributed by atoms with E-state index in [0.29, 0.717) is 12.8 Å². The van der Waals surface area contributed by atoms with Gasteiger partial charge in [0.15, 0.2) is 0 Å². The van der Waals surface area contributed by atoms with Crippen LogP contribution in [-0.2, 0) is 16.8 Å². The molecule has 1 amide bonds. The lowest BCUT2D eigenvalue weighted by atomic mass is 9.77. The zero-order chi connectivity index (χ0) is 17.2. The molecule has 1 aliphatic rings. The summed E-state index contributed by atoms with van der Waals surface area (Å²) in [7, 11) is 0. The van der Waals surface area contributed by atoms with Crippen LogP contribution in [0.15, 0.2) is 29.6 Å². The van der Waals surface area contributed by atoms with Crippen LogP contribution < -0.4 is 5.32 Å². The van der Waals surface area contributed by atoms with Gasteiger partial charge in [-0.3, -0.25) is 4.79 Å². The summed E-state index contributed by atoms with van der Waals surface area (Å²) in [5, 5.41) is 15.1. The number of rotatable bonds is 6. The van der Waals surface area contributed by atoms with E-state index in [2.05, 4.69) is 10.3 Å². The van der Waals surface area contributed by atoms with Crippen molar-refractivity contribution in [1.82, 2.24) is 10.3 Å². The average Bonchev–Trinajstić information content (AvgIpc) is 2.96. The van der Waals surface area contributed by atoms with Crippen LogP contribution in [-0.4, -0.2) is 22.0 Å². The SMILES string of the molecule is Cc1csc(C2(NC(=O)CCc3ccc(C(=O)O)cc3)CCC2)n1. The lowest BCUT2D eigenvalue weighted by Gasteiger charge is -2.40. The Morgan fingerprint density at radius 3 is 2.50 bits per heavy atom. The molecule has 1 aliphatic carbocycles. The van der Waals surface area contributed by atoms with E-state index in [1.165, 1.54) is 0 Å². The molecule has 1 aromatic heterocycles. The van der Waals surface area contributed by atoms with Crippen LogP contribution in [0.25, 0.3) is 0 Å². The van der Waals surface area contributed by atoms with Crippen molar-refractivity contribution in [2.45, 2.75) is 44.6 Å². The minimum Gasteiger partial charge on any atom is -0.478 e. The van der Waals surface area contributed by atoms with Gasteiger partial charge in [0.25, 0.3) is 0 Å². The predicted molar refractivity (Wildman–Crippen MR) is 92.2 cm³/mol. The van der Waals surface area contributed by atoms with Crippen LogP contribution in [0.5, 0.6) is 0 Å². The van der Waals surface area contributed by atoms with Gasteiger partial charge >= 0.3 is 5.97 Å². The third-order valence-corrected chi connectivity index (χ3v) is 5.62. The number of nitrogens with zero attached hydrogens (tertiary/aromatic N) is 1. The summed E-state index contributed by atoms with van der Waals surface area (Å²) in [4.78, 5) is 27.7. The first-order chi connectivity index (χ1) is 11.5. The normalized spacial score (nSPS) is 15.5. The van der Waals surface area contributed by atoms with Crippen LogP contribution in [0.2, 0.25) is 0 Å². The number of amides is 1. The maximum absolute atomic E-state index is 12.4. The summed E-state index contributed by atoms with van der Waals surface area (Å²) >= 11 is 1.61. The second-order valence-corrected chi connectivity index (χ2v) is 7.14. The fourth-order valence-corrected chi connectivity index (χ4v) is 3.91. The maximum Gasteiger partial charge on any atom is 0.335 e. The lowest BCUT2D eigenvalue weighted by Crippen LogP contribution is -2.50. The fourth-order valence-electron chi connectivity index (χ4n) is 2.90. The van der Waals surface area contributed by atoms with Crippen molar-refractivity contribution in [3.05, 3.63) is 51.5 Å². The molecule has 0 radical (unpaired) electrons. The molecule has 2 aromatic rings. The number of thiazole rings is 1. The van der Waals surface area contributed by atoms with E-state index in [-0.39, 0.29) is 17.0 Å². The van der Waals surface area contributed by atoms with Crippen LogP contribution >= 0.6 is 11.3 Å². The molecule has 6 heteroatoms. The molecule has 126 valence electrons. The molecule has 1 aromatic carbocycles. The van der Waals surface area contributed by atoms with Gasteiger partial charge in [-0.2, -0.15) is 0 Å². The third kappa shape index (κ3) is 3.48. The number of carbonyl (C=O) groups excluding carboxylic acids is 1. The van der Waals surface area contributed by atoms with Gasteiger partial charge in [0.05, 0.1) is 11.1 Å². The van der Waals surface area contributed by atoms with Gasteiger partial charge in [-0.25, -0.2) is 9.78 Å². The number of aryl methyl sites for hydroxylation is 2. The predicted octanol–water partition coefficient (Wildman–Crippen LogP) is 3.28. The Morgan fingerprint density at radius 1 is 1.29 bits per heavy atom. The molecule has 0 unspecified atom stereocenters. The van der Waals surface area contributed by atoms with Crippen LogP contribution in [0.1, 0.15) is 52.3 Å². The van der Waals surface area contributed by atoms with Gasteiger partial charge in [0, 0.05) is 17.5 Å². The zero-order valence-corrected chi connectivity index (χ0v) is 14.4. The molecule has 24 heavy (non-hydrogen) atoms. The van der Waals surface area contributed by atoms with Crippen molar-refractivity contribution in [2.75, 3.05) is 0 Å². The van der Waals surface area contributed by atoms with Crippen LogP contribution in [0, 0.1) is 6.92 Å². The standard InChI is InChI=1S/C18H20N2O3S/c1-12-11-24-17(19-12)18(9-2-10-18)20-15(21)8-5-13-3-6-14(7-4-13)16(22)23/h3-4,6-7,11H,2,5,8-10H2,1H3,(H,20,21)(H,22,23). The number of carboxylic acids is 1. The van der Waals surface area contributed by atoms with E-state index >= 15 is 0 Å². The van der Waals surface area contributed by atoms with Gasteiger partial charge in [-0.05, 0) is 50.3 Å². The van der Waals surface area contributed by atoms with E-state index < -0.39 is 5.97 Å². The first kappa shape index (κ1) is 16.6. The highest BCUT2D eigenvalue weighted by atomic mass is 32.1. The van der Waals surface area contributed by atoms with Crippen LogP contribution in [0.4, 0.5) is 0 Å². The monoisotopic (exact) mass is 344 g/mol. The average molecular weight is 344 g/mol. The molecule has 0 spiro atoms. The van der Waals surface area contributed by atoms with Gasteiger partial charge in [0.1, 0.15) is 5.01 Å². The highest BCUT2D eigenvalue weighted by Crippen LogP contribution is 2.42. The largest absolute Gasteiger partial charge is 0.478 e. The molecule has 3 rings (SSSR count). The number of carboxylic acid groups (broad SMARTS) is 1. The van der Waals surface area contributed by atoms with E-state index in [1.54, 1.807) is 35.6 Å². The van der Waals surface area contributed by atoms with Gasteiger partial charge in [0.2, 0.25) is 5.91 Å². The van der Waals surface area contributed by atoms with E-state index in [4.69, 9.17) is 5.11 Å². The van der Waals surface area contributed by atoms with Crippen molar-refractivity contribution in [2.24, 2.45) is 0 Å². The fraction of sp³-hybridized carbons (Fsp3) is 0.389. The highest BCUT2D eigenvalue weighted by Gasteiger charge is 2.42. The Balaban J connectivity index is 1.58. The number of nitrogens with one attached hydrogen (secondary N) is 1. The number of aromatic carboxylic acids is 1. The van der Waals surface area contributed by atoms with E-state index in [9.17, 15) is 9.59 Å². The number of benzene rings is 1. The molecular formula is C18H20N2O3S. The van der Waals surface area contributed by atoms with Gasteiger partial charge in [-0.1, -0.05) is 12.1 Å². The molecular weight excluding hydrogens is 324 g/mol. The number of hydrogen-bond donors (Lipinski definition) is 2. The molecule has 0 aliphatic heterocycles. The molecule has 2 N–H and O–H groups in total. The van der Waals surface area contributed by atoms with E-state index in [1.807, 2.05) is 12.3 Å². The molecule has 1 saturated carbocycles. The van der Waals surface area contributed by atoms with Crippen molar-refractivity contribution < 1.29 is 14.7 Å². The van der Waals surface area contributed by atoms with Gasteiger partial charge < -0.3 is 10.4 Å². The maximum atomic E-state index is 12.4. The lowest BCUT2D eigenvalue weighted by molar-refractivity contribution is -0.124. The number of aromatic nitrogens is 1. The first-order valence-electron chi connectivity index (χ1n) is 8.04. The molecule has 5 nitrogen and oxygen atoms in total. The smallest absolute Gasteiger partial charge is 0.335 e. The van der Waals surface area contributed by atoms with Crippen LogP contribution in [0.3, 0.4) is 0 Å². The number of hydrogen-bond acceptors (Lipinski definition) is 4. The summed E-state index contributed by atoms with van der Waals surface area (Å²) in [5.74, 6) is -0.921. The molecule has 0 atom stereocenters. The Hall–Kier alpha value is -2.21. The Labute approximate surface area is 144 Å². The molecule has 0 bridgehead atoms. The summed E-state index contributed by atoms with van der Waals surface area (Å²) in [6.07, 6.45) is 3.98. The summed E-state index contributed by atoms with van der Waals surface area (Å²) in [5.41, 5.74) is 1.94. The Morgan fingerprint density at radius 2 is 2.00 bits per heavy atom. The third-order valence-electron chi connectivity index (χ3n) is 4.46. The second kappa shape index (κ2) is 6.73. The van der Waals surface area contributed by atoms with Crippen molar-refractivity contribution >= 4 is 23.2 Å². The molecule has 1 fully saturated rings. The van der Waals surface area contributed by atoms with E-state index in [0.717, 1.165) is 35.5 Å². The summed E-state index contributed by atoms with van der Waals surface area (Å²) in [6.45, 7) is 1.97. The van der Waals surface area contributed by atoms with Gasteiger partial charge in [-0.15, -0.1) is 11.3 Å². The van der Waals surface area contributed by atoms with Crippen molar-refractivity contribution in [1.29, 1.82) is 0 Å². The second-order valence-electron chi connectivity index (χ2n) is 6.28. The van der Waals surface area contributed by atoms with Crippen molar-refractivity contribution in [3.8, 4) is 0 Å². The summed E-state index contributed by atoms with van der Waals surface area (Å²) < 4.78 is 0. The summed E-state index contributed by atoms with van der Waals surface area (Å²) in [6, 6.07) is 6.67. The highest BCUT2D eigenvalue weighted by molar-refractivity contribution is 7.09. The quantitative estimate of drug-likeness (QED) is 0.843. The number of carbonyl (C=O) groups is 2.